The molecular weight excluding hydrogens is 222 g/mol. The maximum absolute atomic E-state index is 4.69. The number of nitrogens with one attached hydrogen (secondary N) is 1. The molecule has 3 nitrogen and oxygen atoms in total. The van der Waals surface area contributed by atoms with Crippen LogP contribution >= 0.6 is 0 Å². The summed E-state index contributed by atoms with van der Waals surface area (Å²) in [5.41, 5.74) is 3.92. The molecule has 1 rings (SSSR count). The fourth-order valence-corrected chi connectivity index (χ4v) is 2.64. The predicted molar refractivity (Wildman–Crippen MR) is 78.2 cm³/mol. The second kappa shape index (κ2) is 6.93. The highest BCUT2D eigenvalue weighted by Gasteiger charge is 2.15. The second-order valence-corrected chi connectivity index (χ2v) is 5.22. The third kappa shape index (κ3) is 3.35. The lowest BCUT2D eigenvalue weighted by Gasteiger charge is -2.20. The van der Waals surface area contributed by atoms with Crippen LogP contribution in [0.15, 0.2) is 0 Å². The largest absolute Gasteiger partial charge is 0.312 e. The van der Waals surface area contributed by atoms with E-state index in [1.165, 1.54) is 29.8 Å². The van der Waals surface area contributed by atoms with Crippen molar-refractivity contribution >= 4 is 0 Å². The molecule has 0 spiro atoms. The molecule has 0 radical (unpaired) electrons. The van der Waals surface area contributed by atoms with Gasteiger partial charge in [-0.1, -0.05) is 20.8 Å². The van der Waals surface area contributed by atoms with Crippen LogP contribution in [0.1, 0.15) is 63.5 Å². The van der Waals surface area contributed by atoms with Crippen molar-refractivity contribution < 1.29 is 0 Å². The molecule has 0 saturated heterocycles. The summed E-state index contributed by atoms with van der Waals surface area (Å²) in [6.07, 6.45) is 3.46. The number of aryl methyl sites for hydroxylation is 1. The van der Waals surface area contributed by atoms with Crippen LogP contribution in [-0.2, 0) is 6.42 Å². The maximum atomic E-state index is 4.69. The minimum atomic E-state index is 0.421. The summed E-state index contributed by atoms with van der Waals surface area (Å²) in [5, 5.41) is 8.32. The Bertz CT molecular complexity index is 364. The summed E-state index contributed by atoms with van der Waals surface area (Å²) in [6, 6.07) is 1.06. The van der Waals surface area contributed by atoms with E-state index in [1.54, 1.807) is 0 Å². The first-order valence-corrected chi connectivity index (χ1v) is 7.32. The van der Waals surface area contributed by atoms with E-state index in [-0.39, 0.29) is 0 Å². The minimum absolute atomic E-state index is 0.421. The van der Waals surface area contributed by atoms with Gasteiger partial charge >= 0.3 is 0 Å². The molecule has 0 saturated carbocycles. The second-order valence-electron chi connectivity index (χ2n) is 5.22. The van der Waals surface area contributed by atoms with Crippen molar-refractivity contribution in [3.8, 4) is 0 Å². The highest BCUT2D eigenvalue weighted by molar-refractivity contribution is 5.24. The number of hydrogen-bond acceptors (Lipinski definition) is 2. The van der Waals surface area contributed by atoms with E-state index in [0.29, 0.717) is 12.1 Å². The van der Waals surface area contributed by atoms with Gasteiger partial charge in [-0.05, 0) is 45.6 Å². The molecule has 0 aliphatic carbocycles. The van der Waals surface area contributed by atoms with Crippen LogP contribution in [0.2, 0.25) is 0 Å². The third-order valence-electron chi connectivity index (χ3n) is 3.93. The fraction of sp³-hybridized carbons (Fsp3) is 0.800. The van der Waals surface area contributed by atoms with Gasteiger partial charge in [-0.25, -0.2) is 0 Å². The van der Waals surface area contributed by atoms with E-state index in [2.05, 4.69) is 56.6 Å². The third-order valence-corrected chi connectivity index (χ3v) is 3.93. The topological polar surface area (TPSA) is 29.9 Å². The van der Waals surface area contributed by atoms with E-state index in [0.717, 1.165) is 13.0 Å². The van der Waals surface area contributed by atoms with Gasteiger partial charge in [0, 0.05) is 18.3 Å². The van der Waals surface area contributed by atoms with Gasteiger partial charge < -0.3 is 5.32 Å². The van der Waals surface area contributed by atoms with Crippen LogP contribution in [0.3, 0.4) is 0 Å². The molecule has 0 aliphatic rings. The quantitative estimate of drug-likeness (QED) is 0.805. The summed E-state index contributed by atoms with van der Waals surface area (Å²) in [6.45, 7) is 14.2. The van der Waals surface area contributed by atoms with Crippen LogP contribution in [0, 0.1) is 13.8 Å². The molecule has 104 valence electrons. The normalized spacial score (nSPS) is 13.3. The summed E-state index contributed by atoms with van der Waals surface area (Å²) >= 11 is 0. The van der Waals surface area contributed by atoms with Gasteiger partial charge in [0.05, 0.1) is 11.7 Å². The Kier molecular flexibility index (Phi) is 5.86. The molecule has 0 fully saturated rings. The van der Waals surface area contributed by atoms with Crippen LogP contribution in [-0.4, -0.2) is 22.4 Å². The summed E-state index contributed by atoms with van der Waals surface area (Å²) < 4.78 is 2.18. The molecule has 3 heteroatoms. The van der Waals surface area contributed by atoms with Crippen molar-refractivity contribution in [1.82, 2.24) is 15.1 Å². The number of aromatic nitrogens is 2. The van der Waals surface area contributed by atoms with Gasteiger partial charge in [0.15, 0.2) is 0 Å². The lowest BCUT2D eigenvalue weighted by Crippen LogP contribution is -2.33. The predicted octanol–water partition coefficient (Wildman–Crippen LogP) is 3.40. The summed E-state index contributed by atoms with van der Waals surface area (Å²) in [5.74, 6) is 0. The lowest BCUT2D eigenvalue weighted by molar-refractivity contribution is 0.396. The van der Waals surface area contributed by atoms with Gasteiger partial charge in [0.25, 0.3) is 0 Å². The monoisotopic (exact) mass is 251 g/mol. The van der Waals surface area contributed by atoms with Gasteiger partial charge in [0.2, 0.25) is 0 Å². The van der Waals surface area contributed by atoms with Gasteiger partial charge in [0.1, 0.15) is 0 Å². The molecular formula is C15H29N3. The Hall–Kier alpha value is -0.830. The standard InChI is InChI=1S/C15H29N3/c1-7-14(8-2)16-10-11(4)18-13(6)15(9-3)12(5)17-18/h11,14,16H,7-10H2,1-6H3. The molecule has 1 aromatic rings. The number of nitrogens with zero attached hydrogens (tertiary/aromatic N) is 2. The highest BCUT2D eigenvalue weighted by Crippen LogP contribution is 2.17. The lowest BCUT2D eigenvalue weighted by atomic mass is 10.1. The number of hydrogen-bond donors (Lipinski definition) is 1. The Morgan fingerprint density at radius 2 is 1.78 bits per heavy atom. The molecule has 0 bridgehead atoms. The van der Waals surface area contributed by atoms with E-state index in [4.69, 9.17) is 0 Å². The van der Waals surface area contributed by atoms with Crippen molar-refractivity contribution in [1.29, 1.82) is 0 Å². The maximum Gasteiger partial charge on any atom is 0.0628 e. The number of rotatable bonds is 7. The first-order chi connectivity index (χ1) is 8.54. The smallest absolute Gasteiger partial charge is 0.0628 e. The molecule has 0 aromatic carbocycles. The van der Waals surface area contributed by atoms with Crippen molar-refractivity contribution in [3.05, 3.63) is 17.0 Å². The first kappa shape index (κ1) is 15.2. The van der Waals surface area contributed by atoms with Crippen molar-refractivity contribution in [2.75, 3.05) is 6.54 Å². The van der Waals surface area contributed by atoms with E-state index >= 15 is 0 Å². The van der Waals surface area contributed by atoms with Crippen LogP contribution in [0.25, 0.3) is 0 Å². The fourth-order valence-electron chi connectivity index (χ4n) is 2.64. The molecule has 1 unspecified atom stereocenters. The zero-order valence-electron chi connectivity index (χ0n) is 12.9. The van der Waals surface area contributed by atoms with Crippen LogP contribution in [0.5, 0.6) is 0 Å². The molecule has 0 aliphatic heterocycles. The van der Waals surface area contributed by atoms with E-state index in [9.17, 15) is 0 Å². The average Bonchev–Trinajstić information content (AvgIpc) is 2.65. The average molecular weight is 251 g/mol. The van der Waals surface area contributed by atoms with Gasteiger partial charge in [-0.15, -0.1) is 0 Å². The van der Waals surface area contributed by atoms with Crippen LogP contribution < -0.4 is 5.32 Å². The Balaban J connectivity index is 2.69. The minimum Gasteiger partial charge on any atom is -0.312 e. The SMILES string of the molecule is CCc1c(C)nn(C(C)CNC(CC)CC)c1C. The van der Waals surface area contributed by atoms with Gasteiger partial charge in [-0.3, -0.25) is 4.68 Å². The summed E-state index contributed by atoms with van der Waals surface area (Å²) in [4.78, 5) is 0. The van der Waals surface area contributed by atoms with Gasteiger partial charge in [-0.2, -0.15) is 5.10 Å². The Morgan fingerprint density at radius 3 is 2.22 bits per heavy atom. The molecule has 1 N–H and O–H groups in total. The van der Waals surface area contributed by atoms with Crippen LogP contribution in [0.4, 0.5) is 0 Å². The Labute approximate surface area is 112 Å². The first-order valence-electron chi connectivity index (χ1n) is 7.32. The molecule has 0 amide bonds. The van der Waals surface area contributed by atoms with E-state index < -0.39 is 0 Å². The van der Waals surface area contributed by atoms with Crippen molar-refractivity contribution in [2.24, 2.45) is 0 Å². The zero-order chi connectivity index (χ0) is 13.7. The summed E-state index contributed by atoms with van der Waals surface area (Å²) in [7, 11) is 0. The van der Waals surface area contributed by atoms with Crippen molar-refractivity contribution in [2.45, 2.75) is 72.9 Å². The van der Waals surface area contributed by atoms with Crippen molar-refractivity contribution in [3.63, 3.8) is 0 Å². The Morgan fingerprint density at radius 1 is 1.17 bits per heavy atom. The highest BCUT2D eigenvalue weighted by atomic mass is 15.3. The molecule has 1 aromatic heterocycles. The molecule has 1 atom stereocenters. The molecule has 1 heterocycles. The molecule has 18 heavy (non-hydrogen) atoms. The zero-order valence-corrected chi connectivity index (χ0v) is 12.9. The van der Waals surface area contributed by atoms with E-state index in [1.807, 2.05) is 0 Å².